The number of amidine groups is 1. The smallest absolute Gasteiger partial charge is 0.128 e. The van der Waals surface area contributed by atoms with E-state index < -0.39 is 0 Å². The SMILES string of the molecule is N=C(c1ccc(Br)cc1)N1CCCC1. The lowest BCUT2D eigenvalue weighted by molar-refractivity contribution is 0.517. The Balaban J connectivity index is 2.14. The maximum Gasteiger partial charge on any atom is 0.128 e. The van der Waals surface area contributed by atoms with Crippen molar-refractivity contribution in [1.82, 2.24) is 4.90 Å². The van der Waals surface area contributed by atoms with Gasteiger partial charge >= 0.3 is 0 Å². The molecular weight excluding hydrogens is 240 g/mol. The molecule has 14 heavy (non-hydrogen) atoms. The number of halogens is 1. The second kappa shape index (κ2) is 4.13. The van der Waals surface area contributed by atoms with Crippen molar-refractivity contribution >= 4 is 21.8 Å². The number of hydrogen-bond donors (Lipinski definition) is 1. The van der Waals surface area contributed by atoms with Crippen LogP contribution in [0.4, 0.5) is 0 Å². The number of benzene rings is 1. The summed E-state index contributed by atoms with van der Waals surface area (Å²) in [5, 5.41) is 8.01. The van der Waals surface area contributed by atoms with Crippen LogP contribution in [0.15, 0.2) is 28.7 Å². The van der Waals surface area contributed by atoms with Gasteiger partial charge in [-0.1, -0.05) is 28.1 Å². The molecule has 0 bridgehead atoms. The lowest BCUT2D eigenvalue weighted by Crippen LogP contribution is -2.27. The summed E-state index contributed by atoms with van der Waals surface area (Å²) in [4.78, 5) is 2.14. The van der Waals surface area contributed by atoms with Crippen LogP contribution >= 0.6 is 15.9 Å². The predicted octanol–water partition coefficient (Wildman–Crippen LogP) is 2.87. The molecule has 2 rings (SSSR count). The van der Waals surface area contributed by atoms with Crippen molar-refractivity contribution in [2.75, 3.05) is 13.1 Å². The highest BCUT2D eigenvalue weighted by Gasteiger charge is 2.15. The molecule has 0 aliphatic carbocycles. The third-order valence-corrected chi connectivity index (χ3v) is 3.07. The number of nitrogens with one attached hydrogen (secondary N) is 1. The van der Waals surface area contributed by atoms with Gasteiger partial charge in [-0.3, -0.25) is 5.41 Å². The third-order valence-electron chi connectivity index (χ3n) is 2.54. The highest BCUT2D eigenvalue weighted by Crippen LogP contribution is 2.15. The van der Waals surface area contributed by atoms with Crippen molar-refractivity contribution in [3.8, 4) is 0 Å². The van der Waals surface area contributed by atoms with Crippen LogP contribution in [0, 0.1) is 5.41 Å². The van der Waals surface area contributed by atoms with Crippen molar-refractivity contribution in [2.24, 2.45) is 0 Å². The molecule has 0 atom stereocenters. The largest absolute Gasteiger partial charge is 0.357 e. The van der Waals surface area contributed by atoms with E-state index in [4.69, 9.17) is 5.41 Å². The van der Waals surface area contributed by atoms with E-state index in [1.165, 1.54) is 12.8 Å². The molecule has 1 N–H and O–H groups in total. The first kappa shape index (κ1) is 9.71. The van der Waals surface area contributed by atoms with Crippen LogP contribution in [-0.4, -0.2) is 23.8 Å². The van der Waals surface area contributed by atoms with Gasteiger partial charge in [0.25, 0.3) is 0 Å². The second-order valence-corrected chi connectivity index (χ2v) is 4.47. The first-order chi connectivity index (χ1) is 6.77. The maximum absolute atomic E-state index is 8.01. The second-order valence-electron chi connectivity index (χ2n) is 3.55. The molecular formula is C11H13BrN2. The van der Waals surface area contributed by atoms with Gasteiger partial charge < -0.3 is 4.90 Å². The van der Waals surface area contributed by atoms with E-state index in [9.17, 15) is 0 Å². The number of likely N-dealkylation sites (tertiary alicyclic amines) is 1. The average molecular weight is 253 g/mol. The summed E-state index contributed by atoms with van der Waals surface area (Å²) >= 11 is 3.39. The quantitative estimate of drug-likeness (QED) is 0.604. The molecule has 74 valence electrons. The van der Waals surface area contributed by atoms with Gasteiger partial charge in [-0.15, -0.1) is 0 Å². The van der Waals surface area contributed by atoms with Gasteiger partial charge in [0.15, 0.2) is 0 Å². The van der Waals surface area contributed by atoms with Crippen LogP contribution in [0.25, 0.3) is 0 Å². The van der Waals surface area contributed by atoms with Crippen LogP contribution in [-0.2, 0) is 0 Å². The van der Waals surface area contributed by atoms with E-state index in [-0.39, 0.29) is 0 Å². The van der Waals surface area contributed by atoms with E-state index in [0.717, 1.165) is 23.1 Å². The summed E-state index contributed by atoms with van der Waals surface area (Å²) in [6, 6.07) is 7.95. The Morgan fingerprint density at radius 1 is 1.14 bits per heavy atom. The Morgan fingerprint density at radius 2 is 1.71 bits per heavy atom. The zero-order valence-corrected chi connectivity index (χ0v) is 9.55. The monoisotopic (exact) mass is 252 g/mol. The molecule has 1 aliphatic rings. The molecule has 1 aromatic rings. The van der Waals surface area contributed by atoms with Crippen LogP contribution in [0.2, 0.25) is 0 Å². The lowest BCUT2D eigenvalue weighted by Gasteiger charge is -2.18. The molecule has 0 radical (unpaired) electrons. The Bertz CT molecular complexity index is 326. The summed E-state index contributed by atoms with van der Waals surface area (Å²) in [5.41, 5.74) is 1.01. The standard InChI is InChI=1S/C11H13BrN2/c12-10-5-3-9(4-6-10)11(13)14-7-1-2-8-14/h3-6,13H,1-2,7-8H2. The number of rotatable bonds is 1. The van der Waals surface area contributed by atoms with E-state index in [0.29, 0.717) is 5.84 Å². The van der Waals surface area contributed by atoms with Crippen LogP contribution < -0.4 is 0 Å². The fraction of sp³-hybridized carbons (Fsp3) is 0.364. The van der Waals surface area contributed by atoms with Gasteiger partial charge in [-0.05, 0) is 25.0 Å². The number of nitrogens with zero attached hydrogens (tertiary/aromatic N) is 1. The molecule has 1 aliphatic heterocycles. The number of hydrogen-bond acceptors (Lipinski definition) is 1. The van der Waals surface area contributed by atoms with Crippen molar-refractivity contribution in [2.45, 2.75) is 12.8 Å². The predicted molar refractivity (Wildman–Crippen MR) is 61.8 cm³/mol. The highest BCUT2D eigenvalue weighted by molar-refractivity contribution is 9.10. The maximum atomic E-state index is 8.01. The summed E-state index contributed by atoms with van der Waals surface area (Å²) in [7, 11) is 0. The minimum absolute atomic E-state index is 0.662. The first-order valence-corrected chi connectivity index (χ1v) is 5.66. The molecule has 0 amide bonds. The topological polar surface area (TPSA) is 27.1 Å². The van der Waals surface area contributed by atoms with Crippen molar-refractivity contribution < 1.29 is 0 Å². The van der Waals surface area contributed by atoms with Gasteiger partial charge in [-0.25, -0.2) is 0 Å². The Labute approximate surface area is 92.6 Å². The van der Waals surface area contributed by atoms with Crippen molar-refractivity contribution in [3.63, 3.8) is 0 Å². The molecule has 0 unspecified atom stereocenters. The first-order valence-electron chi connectivity index (χ1n) is 4.87. The summed E-state index contributed by atoms with van der Waals surface area (Å²) in [5.74, 6) is 0.662. The van der Waals surface area contributed by atoms with E-state index >= 15 is 0 Å². The molecule has 1 fully saturated rings. The van der Waals surface area contributed by atoms with Crippen molar-refractivity contribution in [1.29, 1.82) is 5.41 Å². The average Bonchev–Trinajstić information content (AvgIpc) is 2.71. The molecule has 3 heteroatoms. The van der Waals surface area contributed by atoms with Gasteiger partial charge in [0.1, 0.15) is 5.84 Å². The van der Waals surface area contributed by atoms with E-state index in [1.54, 1.807) is 0 Å². The van der Waals surface area contributed by atoms with E-state index in [1.807, 2.05) is 24.3 Å². The fourth-order valence-corrected chi connectivity index (χ4v) is 2.00. The third kappa shape index (κ3) is 1.98. The van der Waals surface area contributed by atoms with Crippen LogP contribution in [0.3, 0.4) is 0 Å². The summed E-state index contributed by atoms with van der Waals surface area (Å²) in [6.45, 7) is 2.07. The van der Waals surface area contributed by atoms with Crippen molar-refractivity contribution in [3.05, 3.63) is 34.3 Å². The molecule has 0 saturated carbocycles. The highest BCUT2D eigenvalue weighted by atomic mass is 79.9. The fourth-order valence-electron chi connectivity index (χ4n) is 1.73. The van der Waals surface area contributed by atoms with Crippen LogP contribution in [0.1, 0.15) is 18.4 Å². The molecule has 1 heterocycles. The molecule has 0 aromatic heterocycles. The Kier molecular flexibility index (Phi) is 2.87. The zero-order chi connectivity index (χ0) is 9.97. The molecule has 2 nitrogen and oxygen atoms in total. The van der Waals surface area contributed by atoms with Gasteiger partial charge in [-0.2, -0.15) is 0 Å². The molecule has 0 spiro atoms. The van der Waals surface area contributed by atoms with Gasteiger partial charge in [0, 0.05) is 23.1 Å². The Hall–Kier alpha value is -0.830. The lowest BCUT2D eigenvalue weighted by atomic mass is 10.2. The molecule has 1 saturated heterocycles. The minimum Gasteiger partial charge on any atom is -0.357 e. The summed E-state index contributed by atoms with van der Waals surface area (Å²) in [6.07, 6.45) is 2.44. The summed E-state index contributed by atoms with van der Waals surface area (Å²) < 4.78 is 1.07. The Morgan fingerprint density at radius 3 is 2.29 bits per heavy atom. The van der Waals surface area contributed by atoms with Gasteiger partial charge in [0.2, 0.25) is 0 Å². The molecule has 1 aromatic carbocycles. The minimum atomic E-state index is 0.662. The zero-order valence-electron chi connectivity index (χ0n) is 7.96. The normalized spacial score (nSPS) is 15.9. The van der Waals surface area contributed by atoms with Crippen LogP contribution in [0.5, 0.6) is 0 Å². The van der Waals surface area contributed by atoms with E-state index in [2.05, 4.69) is 20.8 Å². The van der Waals surface area contributed by atoms with Gasteiger partial charge in [0.05, 0.1) is 0 Å².